The van der Waals surface area contributed by atoms with Crippen LogP contribution in [0.1, 0.15) is 23.7 Å². The number of nitrogens with one attached hydrogen (secondary N) is 1. The van der Waals surface area contributed by atoms with Gasteiger partial charge in [-0.05, 0) is 25.8 Å². The van der Waals surface area contributed by atoms with E-state index >= 15 is 0 Å². The van der Waals surface area contributed by atoms with Gasteiger partial charge < -0.3 is 5.32 Å². The summed E-state index contributed by atoms with van der Waals surface area (Å²) in [6.07, 6.45) is 4.98. The zero-order valence-electron chi connectivity index (χ0n) is 12.5. The fraction of sp³-hybridized carbons (Fsp3) is 0.294. The third kappa shape index (κ3) is 3.47. The summed E-state index contributed by atoms with van der Waals surface area (Å²) in [6.45, 7) is 4.99. The van der Waals surface area contributed by atoms with Gasteiger partial charge in [-0.15, -0.1) is 0 Å². The Hall–Kier alpha value is -2.20. The van der Waals surface area contributed by atoms with Gasteiger partial charge in [0.05, 0.1) is 5.69 Å². The minimum Gasteiger partial charge on any atom is -0.310 e. The Morgan fingerprint density at radius 2 is 2.00 bits per heavy atom. The van der Waals surface area contributed by atoms with Gasteiger partial charge in [0.15, 0.2) is 5.65 Å². The Kier molecular flexibility index (Phi) is 3.97. The van der Waals surface area contributed by atoms with Crippen LogP contribution in [0.3, 0.4) is 0 Å². The summed E-state index contributed by atoms with van der Waals surface area (Å²) in [7, 11) is 0. The van der Waals surface area contributed by atoms with Crippen molar-refractivity contribution in [2.24, 2.45) is 0 Å². The highest BCUT2D eigenvalue weighted by Gasteiger charge is 2.05. The van der Waals surface area contributed by atoms with Gasteiger partial charge in [0.2, 0.25) is 0 Å². The molecule has 2 heterocycles. The molecule has 3 aromatic rings. The number of benzene rings is 1. The van der Waals surface area contributed by atoms with Gasteiger partial charge in [-0.3, -0.25) is 0 Å². The summed E-state index contributed by atoms with van der Waals surface area (Å²) in [6, 6.07) is 12.9. The average molecular weight is 280 g/mol. The Labute approximate surface area is 124 Å². The van der Waals surface area contributed by atoms with E-state index in [1.165, 1.54) is 5.56 Å². The molecule has 0 saturated carbocycles. The van der Waals surface area contributed by atoms with Gasteiger partial charge in [0.1, 0.15) is 0 Å². The van der Waals surface area contributed by atoms with Crippen molar-refractivity contribution in [3.63, 3.8) is 0 Å². The molecule has 1 aromatic carbocycles. The Balaban J connectivity index is 1.60. The molecule has 1 unspecified atom stereocenters. The van der Waals surface area contributed by atoms with Crippen molar-refractivity contribution < 1.29 is 0 Å². The summed E-state index contributed by atoms with van der Waals surface area (Å²) in [5.74, 6) is 0. The zero-order chi connectivity index (χ0) is 14.7. The number of rotatable bonds is 5. The minimum absolute atomic E-state index is 0.419. The normalized spacial score (nSPS) is 12.7. The number of hydrogen-bond acceptors (Lipinski definition) is 3. The summed E-state index contributed by atoms with van der Waals surface area (Å²) < 4.78 is 1.84. The highest BCUT2D eigenvalue weighted by atomic mass is 15.2. The van der Waals surface area contributed by atoms with Gasteiger partial charge in [-0.1, -0.05) is 30.3 Å². The van der Waals surface area contributed by atoms with Crippen molar-refractivity contribution in [1.82, 2.24) is 19.9 Å². The van der Waals surface area contributed by atoms with Crippen molar-refractivity contribution in [2.75, 3.05) is 0 Å². The van der Waals surface area contributed by atoms with E-state index in [1.54, 1.807) is 0 Å². The van der Waals surface area contributed by atoms with Crippen molar-refractivity contribution in [2.45, 2.75) is 32.9 Å². The minimum atomic E-state index is 0.419. The Morgan fingerprint density at radius 3 is 2.81 bits per heavy atom. The van der Waals surface area contributed by atoms with E-state index in [-0.39, 0.29) is 0 Å². The molecule has 0 aliphatic rings. The molecule has 108 valence electrons. The molecule has 1 atom stereocenters. The fourth-order valence-electron chi connectivity index (χ4n) is 2.46. The Bertz CT molecular complexity index is 718. The van der Waals surface area contributed by atoms with E-state index in [1.807, 2.05) is 29.9 Å². The van der Waals surface area contributed by atoms with Gasteiger partial charge in [0.25, 0.3) is 0 Å². The first-order chi connectivity index (χ1) is 10.2. The molecule has 1 N–H and O–H groups in total. The molecule has 4 heteroatoms. The van der Waals surface area contributed by atoms with Gasteiger partial charge in [-0.25, -0.2) is 9.50 Å². The van der Waals surface area contributed by atoms with Crippen LogP contribution >= 0.6 is 0 Å². The average Bonchev–Trinajstić information content (AvgIpc) is 2.85. The topological polar surface area (TPSA) is 42.2 Å². The van der Waals surface area contributed by atoms with Crippen LogP contribution in [-0.4, -0.2) is 20.6 Å². The lowest BCUT2D eigenvalue weighted by atomic mass is 10.1. The predicted molar refractivity (Wildman–Crippen MR) is 84.2 cm³/mol. The maximum absolute atomic E-state index is 4.42. The molecule has 3 rings (SSSR count). The van der Waals surface area contributed by atoms with E-state index in [0.717, 1.165) is 29.9 Å². The van der Waals surface area contributed by atoms with Gasteiger partial charge in [-0.2, -0.15) is 5.10 Å². The highest BCUT2D eigenvalue weighted by Crippen LogP contribution is 2.06. The van der Waals surface area contributed by atoms with Gasteiger partial charge in [0, 0.05) is 36.6 Å². The predicted octanol–water partition coefficient (Wildman–Crippen LogP) is 2.76. The Morgan fingerprint density at radius 1 is 1.19 bits per heavy atom. The van der Waals surface area contributed by atoms with E-state index in [9.17, 15) is 0 Å². The van der Waals surface area contributed by atoms with Crippen molar-refractivity contribution in [3.8, 4) is 0 Å². The summed E-state index contributed by atoms with van der Waals surface area (Å²) in [4.78, 5) is 4.42. The molecule has 4 nitrogen and oxygen atoms in total. The third-order valence-corrected chi connectivity index (χ3v) is 3.53. The number of hydrogen-bond donors (Lipinski definition) is 1. The maximum Gasteiger partial charge on any atom is 0.155 e. The second-order valence-corrected chi connectivity index (χ2v) is 5.52. The summed E-state index contributed by atoms with van der Waals surface area (Å²) in [5.41, 5.74) is 4.39. The SMILES string of the molecule is Cc1cc2ncc(CNC(C)Cc3ccccc3)cn2n1. The smallest absolute Gasteiger partial charge is 0.155 e. The van der Waals surface area contributed by atoms with E-state index in [2.05, 4.69) is 52.7 Å². The molecule has 21 heavy (non-hydrogen) atoms. The standard InChI is InChI=1S/C17H20N4/c1-13(8-15-6-4-3-5-7-15)18-10-16-11-19-17-9-14(2)20-21(17)12-16/h3-7,9,11-13,18H,8,10H2,1-2H3. The van der Waals surface area contributed by atoms with Gasteiger partial charge >= 0.3 is 0 Å². The lowest BCUT2D eigenvalue weighted by Crippen LogP contribution is -2.27. The van der Waals surface area contributed by atoms with Crippen LogP contribution in [-0.2, 0) is 13.0 Å². The highest BCUT2D eigenvalue weighted by molar-refractivity contribution is 5.38. The second-order valence-electron chi connectivity index (χ2n) is 5.52. The van der Waals surface area contributed by atoms with E-state index < -0.39 is 0 Å². The maximum atomic E-state index is 4.42. The first kappa shape index (κ1) is 13.8. The largest absolute Gasteiger partial charge is 0.310 e. The molecule has 2 aromatic heterocycles. The lowest BCUT2D eigenvalue weighted by molar-refractivity contribution is 0.543. The molecule has 0 saturated heterocycles. The third-order valence-electron chi connectivity index (χ3n) is 3.53. The van der Waals surface area contributed by atoms with Crippen LogP contribution < -0.4 is 5.32 Å². The number of nitrogens with zero attached hydrogens (tertiary/aromatic N) is 3. The fourth-order valence-corrected chi connectivity index (χ4v) is 2.46. The monoisotopic (exact) mass is 280 g/mol. The molecular weight excluding hydrogens is 260 g/mol. The van der Waals surface area contributed by atoms with Crippen LogP contribution in [0.5, 0.6) is 0 Å². The van der Waals surface area contributed by atoms with Crippen LogP contribution in [0.25, 0.3) is 5.65 Å². The number of aryl methyl sites for hydroxylation is 1. The van der Waals surface area contributed by atoms with E-state index in [0.29, 0.717) is 6.04 Å². The zero-order valence-corrected chi connectivity index (χ0v) is 12.5. The van der Waals surface area contributed by atoms with Crippen molar-refractivity contribution >= 4 is 5.65 Å². The number of fused-ring (bicyclic) bond motifs is 1. The molecule has 0 spiro atoms. The first-order valence-corrected chi connectivity index (χ1v) is 7.29. The molecule has 0 amide bonds. The number of aromatic nitrogens is 3. The molecule has 0 fully saturated rings. The lowest BCUT2D eigenvalue weighted by Gasteiger charge is -2.13. The molecule has 0 aliphatic heterocycles. The molecular formula is C17H20N4. The molecule has 0 bridgehead atoms. The van der Waals surface area contributed by atoms with Crippen LogP contribution in [0.2, 0.25) is 0 Å². The van der Waals surface area contributed by atoms with Crippen molar-refractivity contribution in [3.05, 3.63) is 65.6 Å². The molecule has 0 radical (unpaired) electrons. The van der Waals surface area contributed by atoms with Crippen molar-refractivity contribution in [1.29, 1.82) is 0 Å². The van der Waals surface area contributed by atoms with Crippen LogP contribution in [0.15, 0.2) is 48.8 Å². The van der Waals surface area contributed by atoms with Crippen LogP contribution in [0.4, 0.5) is 0 Å². The molecule has 0 aliphatic carbocycles. The first-order valence-electron chi connectivity index (χ1n) is 7.29. The second kappa shape index (κ2) is 6.06. The summed E-state index contributed by atoms with van der Waals surface area (Å²) >= 11 is 0. The summed E-state index contributed by atoms with van der Waals surface area (Å²) in [5, 5.41) is 7.93. The van der Waals surface area contributed by atoms with E-state index in [4.69, 9.17) is 0 Å². The quantitative estimate of drug-likeness (QED) is 0.781. The van der Waals surface area contributed by atoms with Crippen LogP contribution in [0, 0.1) is 6.92 Å².